The summed E-state index contributed by atoms with van der Waals surface area (Å²) >= 11 is 7.86. The second kappa shape index (κ2) is 8.67. The highest BCUT2D eigenvalue weighted by Crippen LogP contribution is 2.42. The molecule has 2 aliphatic rings. The number of hydrogen-bond donors (Lipinski definition) is 2. The molecule has 10 heteroatoms. The minimum absolute atomic E-state index is 0.0311. The molecule has 1 atom stereocenters. The Morgan fingerprint density at radius 3 is 2.63 bits per heavy atom. The number of pyridine rings is 1. The first kappa shape index (κ1) is 23.1. The summed E-state index contributed by atoms with van der Waals surface area (Å²) in [5, 5.41) is 12.7. The van der Waals surface area contributed by atoms with Gasteiger partial charge in [0.25, 0.3) is 0 Å². The van der Waals surface area contributed by atoms with Gasteiger partial charge in [-0.05, 0) is 49.5 Å². The maximum atomic E-state index is 12.0. The first-order chi connectivity index (χ1) is 16.8. The van der Waals surface area contributed by atoms with Crippen LogP contribution in [0.5, 0.6) is 0 Å². The van der Waals surface area contributed by atoms with E-state index < -0.39 is 15.4 Å². The normalized spacial score (nSPS) is 22.3. The standard InChI is InChI=1S/C25H25ClN4O3S2/c26-19-12-27-23-18(22(19)21-13-28-24(34-21)25(31)7-10-35(32,33)15-25)11-20(29-23)17-5-3-16(4-6-17)14-30-8-1-2-9-30/h3-6,11-13,31H,1-2,7-10,14-15H2,(H,27,29). The third-order valence-corrected chi connectivity index (χ3v) is 10.2. The van der Waals surface area contributed by atoms with E-state index in [4.69, 9.17) is 11.6 Å². The lowest BCUT2D eigenvalue weighted by atomic mass is 10.1. The quantitative estimate of drug-likeness (QED) is 0.392. The Balaban J connectivity index is 1.33. The van der Waals surface area contributed by atoms with Gasteiger partial charge in [-0.3, -0.25) is 4.90 Å². The molecule has 5 heterocycles. The zero-order valence-corrected chi connectivity index (χ0v) is 21.4. The summed E-state index contributed by atoms with van der Waals surface area (Å²) in [4.78, 5) is 15.5. The molecule has 2 fully saturated rings. The van der Waals surface area contributed by atoms with Gasteiger partial charge < -0.3 is 10.1 Å². The van der Waals surface area contributed by atoms with Crippen molar-refractivity contribution in [2.24, 2.45) is 0 Å². The van der Waals surface area contributed by atoms with Crippen LogP contribution in [-0.4, -0.2) is 58.0 Å². The number of fused-ring (bicyclic) bond motifs is 1. The fourth-order valence-corrected chi connectivity index (χ4v) is 8.36. The van der Waals surface area contributed by atoms with Crippen molar-refractivity contribution < 1.29 is 13.5 Å². The molecule has 4 aromatic rings. The van der Waals surface area contributed by atoms with E-state index in [1.54, 1.807) is 12.4 Å². The van der Waals surface area contributed by atoms with Gasteiger partial charge in [0.1, 0.15) is 16.3 Å². The summed E-state index contributed by atoms with van der Waals surface area (Å²) in [5.74, 6) is -0.328. The van der Waals surface area contributed by atoms with E-state index in [1.807, 2.05) is 6.07 Å². The van der Waals surface area contributed by atoms with Gasteiger partial charge in [-0.25, -0.2) is 18.4 Å². The number of likely N-dealkylation sites (tertiary alicyclic amines) is 1. The molecule has 0 saturated carbocycles. The van der Waals surface area contributed by atoms with Crippen molar-refractivity contribution in [3.63, 3.8) is 0 Å². The molecule has 35 heavy (non-hydrogen) atoms. The maximum absolute atomic E-state index is 12.0. The second-order valence-corrected chi connectivity index (χ2v) is 13.1. The average Bonchev–Trinajstić information content (AvgIpc) is 3.61. The van der Waals surface area contributed by atoms with Gasteiger partial charge in [0.2, 0.25) is 0 Å². The summed E-state index contributed by atoms with van der Waals surface area (Å²) < 4.78 is 23.9. The summed E-state index contributed by atoms with van der Waals surface area (Å²) in [6, 6.07) is 10.6. The van der Waals surface area contributed by atoms with E-state index in [0.717, 1.165) is 33.6 Å². The van der Waals surface area contributed by atoms with Gasteiger partial charge in [-0.1, -0.05) is 35.9 Å². The molecule has 2 saturated heterocycles. The monoisotopic (exact) mass is 528 g/mol. The number of aromatic nitrogens is 3. The van der Waals surface area contributed by atoms with Gasteiger partial charge in [-0.15, -0.1) is 11.3 Å². The molecule has 2 aliphatic heterocycles. The fraction of sp³-hybridized carbons (Fsp3) is 0.360. The molecule has 0 spiro atoms. The van der Waals surface area contributed by atoms with E-state index >= 15 is 0 Å². The van der Waals surface area contributed by atoms with E-state index in [1.165, 1.54) is 42.8 Å². The summed E-state index contributed by atoms with van der Waals surface area (Å²) in [6.45, 7) is 3.33. The summed E-state index contributed by atoms with van der Waals surface area (Å²) in [6.07, 6.45) is 5.98. The van der Waals surface area contributed by atoms with Crippen LogP contribution in [-0.2, 0) is 22.0 Å². The first-order valence-corrected chi connectivity index (χ1v) is 14.7. The number of sulfone groups is 1. The molecular weight excluding hydrogens is 504 g/mol. The minimum Gasteiger partial charge on any atom is -0.382 e. The van der Waals surface area contributed by atoms with Crippen molar-refractivity contribution in [2.45, 2.75) is 31.4 Å². The van der Waals surface area contributed by atoms with Crippen LogP contribution in [0.15, 0.2) is 42.7 Å². The van der Waals surface area contributed by atoms with Crippen molar-refractivity contribution in [2.75, 3.05) is 24.6 Å². The molecule has 182 valence electrons. The SMILES string of the molecule is O=S1(=O)CCC(O)(c2ncc(-c3c(Cl)cnc4[nH]c(-c5ccc(CN6CCCC6)cc5)cc34)s2)C1. The lowest BCUT2D eigenvalue weighted by Crippen LogP contribution is -2.26. The Bertz CT molecular complexity index is 1510. The van der Waals surface area contributed by atoms with Gasteiger partial charge in [0.15, 0.2) is 9.84 Å². The molecule has 3 aromatic heterocycles. The average molecular weight is 529 g/mol. The number of nitrogens with zero attached hydrogens (tertiary/aromatic N) is 3. The third kappa shape index (κ3) is 4.40. The molecule has 6 rings (SSSR count). The predicted octanol–water partition coefficient (Wildman–Crippen LogP) is 4.61. The zero-order valence-electron chi connectivity index (χ0n) is 19.0. The number of halogens is 1. The molecule has 2 N–H and O–H groups in total. The molecule has 1 aromatic carbocycles. The Kier molecular flexibility index (Phi) is 5.73. The lowest BCUT2D eigenvalue weighted by molar-refractivity contribution is 0.0650. The topological polar surface area (TPSA) is 99.2 Å². The number of hydrogen-bond acceptors (Lipinski definition) is 7. The van der Waals surface area contributed by atoms with Crippen molar-refractivity contribution in [3.05, 3.63) is 58.3 Å². The Hall–Kier alpha value is -2.30. The molecule has 0 amide bonds. The highest BCUT2D eigenvalue weighted by molar-refractivity contribution is 7.91. The molecule has 1 unspecified atom stereocenters. The fourth-order valence-electron chi connectivity index (χ4n) is 5.05. The van der Waals surface area contributed by atoms with E-state index in [-0.39, 0.29) is 17.9 Å². The Morgan fingerprint density at radius 2 is 1.91 bits per heavy atom. The zero-order chi connectivity index (χ0) is 24.2. The largest absolute Gasteiger partial charge is 0.382 e. The van der Waals surface area contributed by atoms with Crippen LogP contribution in [0.3, 0.4) is 0 Å². The number of aromatic amines is 1. The molecule has 0 radical (unpaired) electrons. The van der Waals surface area contributed by atoms with Crippen molar-refractivity contribution >= 4 is 43.8 Å². The lowest BCUT2D eigenvalue weighted by Gasteiger charge is -2.16. The smallest absolute Gasteiger partial charge is 0.153 e. The van der Waals surface area contributed by atoms with Crippen molar-refractivity contribution in [1.29, 1.82) is 0 Å². The third-order valence-electron chi connectivity index (χ3n) is 6.92. The highest BCUT2D eigenvalue weighted by Gasteiger charge is 2.44. The van der Waals surface area contributed by atoms with Crippen LogP contribution < -0.4 is 0 Å². The van der Waals surface area contributed by atoms with Crippen LogP contribution in [0, 0.1) is 0 Å². The number of rotatable bonds is 5. The van der Waals surface area contributed by atoms with Crippen LogP contribution in [0.2, 0.25) is 5.02 Å². The summed E-state index contributed by atoms with van der Waals surface area (Å²) in [5.41, 5.74) is 3.34. The van der Waals surface area contributed by atoms with Gasteiger partial charge in [0.05, 0.1) is 21.4 Å². The van der Waals surface area contributed by atoms with E-state index in [9.17, 15) is 13.5 Å². The minimum atomic E-state index is -3.26. The number of benzene rings is 1. The van der Waals surface area contributed by atoms with Crippen molar-refractivity contribution in [1.82, 2.24) is 19.9 Å². The number of H-pyrrole nitrogens is 1. The Morgan fingerprint density at radius 1 is 1.14 bits per heavy atom. The Labute approximate surface area is 212 Å². The van der Waals surface area contributed by atoms with Gasteiger partial charge >= 0.3 is 0 Å². The van der Waals surface area contributed by atoms with Crippen LogP contribution in [0.4, 0.5) is 0 Å². The number of nitrogens with one attached hydrogen (secondary N) is 1. The predicted molar refractivity (Wildman–Crippen MR) is 139 cm³/mol. The molecule has 0 bridgehead atoms. The van der Waals surface area contributed by atoms with Crippen LogP contribution >= 0.6 is 22.9 Å². The second-order valence-electron chi connectivity index (χ2n) is 9.51. The summed E-state index contributed by atoms with van der Waals surface area (Å²) in [7, 11) is -3.26. The van der Waals surface area contributed by atoms with Gasteiger partial charge in [0, 0.05) is 35.6 Å². The van der Waals surface area contributed by atoms with Gasteiger partial charge in [-0.2, -0.15) is 0 Å². The highest BCUT2D eigenvalue weighted by atomic mass is 35.5. The molecular formula is C25H25ClN4O3S2. The number of thiazole rings is 1. The molecule has 0 aliphatic carbocycles. The van der Waals surface area contributed by atoms with E-state index in [2.05, 4.69) is 44.1 Å². The van der Waals surface area contributed by atoms with Crippen LogP contribution in [0.25, 0.3) is 32.7 Å². The van der Waals surface area contributed by atoms with Crippen molar-refractivity contribution in [3.8, 4) is 21.7 Å². The van der Waals surface area contributed by atoms with Crippen LogP contribution in [0.1, 0.15) is 29.8 Å². The maximum Gasteiger partial charge on any atom is 0.153 e. The first-order valence-electron chi connectivity index (χ1n) is 11.7. The van der Waals surface area contributed by atoms with E-state index in [0.29, 0.717) is 15.7 Å². The number of aliphatic hydroxyl groups is 1. The molecule has 7 nitrogen and oxygen atoms in total.